The Morgan fingerprint density at radius 1 is 1.62 bits per heavy atom. The molecule has 0 aliphatic carbocycles. The number of hydrogen-bond acceptors (Lipinski definition) is 3. The van der Waals surface area contributed by atoms with Gasteiger partial charge in [-0.15, -0.1) is 0 Å². The summed E-state index contributed by atoms with van der Waals surface area (Å²) in [5, 5.41) is 8.63. The Labute approximate surface area is 77.0 Å². The number of hydrogen-bond donors (Lipinski definition) is 0. The molecule has 1 aliphatic rings. The van der Waals surface area contributed by atoms with E-state index >= 15 is 0 Å². The van der Waals surface area contributed by atoms with Crippen LogP contribution in [-0.2, 0) is 5.41 Å². The number of nitriles is 1. The lowest BCUT2D eigenvalue weighted by Gasteiger charge is -2.13. The number of ether oxygens (including phenoxy) is 1. The molecule has 0 atom stereocenters. The van der Waals surface area contributed by atoms with Gasteiger partial charge in [0.2, 0.25) is 0 Å². The van der Waals surface area contributed by atoms with Crippen LogP contribution in [-0.4, -0.2) is 11.6 Å². The minimum Gasteiger partial charge on any atom is -0.492 e. The second-order valence-corrected chi connectivity index (χ2v) is 3.85. The fraction of sp³-hybridized carbons (Fsp3) is 0.400. The molecule has 0 bridgehead atoms. The monoisotopic (exact) mass is 174 g/mol. The third-order valence-corrected chi connectivity index (χ3v) is 2.30. The highest BCUT2D eigenvalue weighted by Crippen LogP contribution is 2.37. The van der Waals surface area contributed by atoms with Crippen molar-refractivity contribution in [3.63, 3.8) is 0 Å². The molecule has 0 amide bonds. The van der Waals surface area contributed by atoms with Crippen molar-refractivity contribution in [1.29, 1.82) is 5.26 Å². The van der Waals surface area contributed by atoms with E-state index in [1.54, 1.807) is 12.3 Å². The standard InChI is InChI=1S/C10H10N2O/c1-10(2)6-13-9-3-7(4-11)12-5-8(9)10/h3,5H,6H2,1-2H3. The Morgan fingerprint density at radius 2 is 2.38 bits per heavy atom. The molecule has 3 heteroatoms. The van der Waals surface area contributed by atoms with Gasteiger partial charge in [-0.3, -0.25) is 0 Å². The van der Waals surface area contributed by atoms with E-state index in [1.165, 1.54) is 0 Å². The summed E-state index contributed by atoms with van der Waals surface area (Å²) in [5.41, 5.74) is 1.53. The van der Waals surface area contributed by atoms with E-state index in [-0.39, 0.29) is 5.41 Å². The van der Waals surface area contributed by atoms with Crippen LogP contribution in [0, 0.1) is 11.3 Å². The van der Waals surface area contributed by atoms with Crippen molar-refractivity contribution in [2.45, 2.75) is 19.3 Å². The lowest BCUT2D eigenvalue weighted by molar-refractivity contribution is 0.291. The van der Waals surface area contributed by atoms with Gasteiger partial charge in [-0.25, -0.2) is 4.98 Å². The maximum Gasteiger partial charge on any atom is 0.144 e. The fourth-order valence-corrected chi connectivity index (χ4v) is 1.46. The van der Waals surface area contributed by atoms with E-state index in [2.05, 4.69) is 18.8 Å². The van der Waals surface area contributed by atoms with Crippen molar-refractivity contribution in [2.75, 3.05) is 6.61 Å². The largest absolute Gasteiger partial charge is 0.492 e. The molecule has 2 rings (SSSR count). The normalized spacial score (nSPS) is 17.3. The molecule has 1 aliphatic heterocycles. The molecule has 0 radical (unpaired) electrons. The summed E-state index contributed by atoms with van der Waals surface area (Å²) in [7, 11) is 0. The summed E-state index contributed by atoms with van der Waals surface area (Å²) >= 11 is 0. The van der Waals surface area contributed by atoms with Crippen molar-refractivity contribution in [2.24, 2.45) is 0 Å². The zero-order valence-corrected chi connectivity index (χ0v) is 7.66. The van der Waals surface area contributed by atoms with Gasteiger partial charge in [0.1, 0.15) is 17.5 Å². The first kappa shape index (κ1) is 8.06. The van der Waals surface area contributed by atoms with Crippen LogP contribution in [0.15, 0.2) is 12.3 Å². The molecule has 3 nitrogen and oxygen atoms in total. The highest BCUT2D eigenvalue weighted by molar-refractivity contribution is 5.44. The topological polar surface area (TPSA) is 45.9 Å². The second kappa shape index (κ2) is 2.46. The quantitative estimate of drug-likeness (QED) is 0.600. The van der Waals surface area contributed by atoms with E-state index in [4.69, 9.17) is 10.00 Å². The predicted molar refractivity (Wildman–Crippen MR) is 47.5 cm³/mol. The van der Waals surface area contributed by atoms with E-state index < -0.39 is 0 Å². The Balaban J connectivity index is 2.54. The summed E-state index contributed by atoms with van der Waals surface area (Å²) < 4.78 is 5.47. The second-order valence-electron chi connectivity index (χ2n) is 3.85. The van der Waals surface area contributed by atoms with Crippen molar-refractivity contribution >= 4 is 0 Å². The third-order valence-electron chi connectivity index (χ3n) is 2.30. The van der Waals surface area contributed by atoms with Gasteiger partial charge in [0.15, 0.2) is 0 Å². The van der Waals surface area contributed by atoms with Gasteiger partial charge >= 0.3 is 0 Å². The van der Waals surface area contributed by atoms with Crippen LogP contribution in [0.1, 0.15) is 25.1 Å². The first-order chi connectivity index (χ1) is 6.13. The molecule has 2 heterocycles. The number of pyridine rings is 1. The molecule has 0 saturated heterocycles. The molecule has 0 N–H and O–H groups in total. The Kier molecular flexibility index (Phi) is 1.53. The highest BCUT2D eigenvalue weighted by atomic mass is 16.5. The zero-order valence-electron chi connectivity index (χ0n) is 7.66. The molecule has 0 spiro atoms. The molecule has 1 aromatic rings. The summed E-state index contributed by atoms with van der Waals surface area (Å²) in [5.74, 6) is 0.802. The minimum atomic E-state index is 0.0241. The lowest BCUT2D eigenvalue weighted by atomic mass is 9.88. The molecule has 66 valence electrons. The number of rotatable bonds is 0. The summed E-state index contributed by atoms with van der Waals surface area (Å²) in [4.78, 5) is 4.02. The maximum absolute atomic E-state index is 8.63. The Hall–Kier alpha value is -1.56. The van der Waals surface area contributed by atoms with E-state index in [1.807, 2.05) is 6.07 Å². The van der Waals surface area contributed by atoms with Crippen molar-refractivity contribution < 1.29 is 4.74 Å². The van der Waals surface area contributed by atoms with Crippen molar-refractivity contribution in [3.05, 3.63) is 23.5 Å². The van der Waals surface area contributed by atoms with Crippen LogP contribution in [0.3, 0.4) is 0 Å². The van der Waals surface area contributed by atoms with Crippen LogP contribution in [0.25, 0.3) is 0 Å². The first-order valence-electron chi connectivity index (χ1n) is 4.17. The first-order valence-corrected chi connectivity index (χ1v) is 4.17. The number of nitrogens with zero attached hydrogens (tertiary/aromatic N) is 2. The van der Waals surface area contributed by atoms with Gasteiger partial charge in [-0.1, -0.05) is 13.8 Å². The molecule has 0 saturated carbocycles. The Bertz CT molecular complexity index is 390. The summed E-state index contributed by atoms with van der Waals surface area (Å²) in [6.45, 7) is 4.87. The zero-order chi connectivity index (χ0) is 9.47. The van der Waals surface area contributed by atoms with Gasteiger partial charge in [-0.05, 0) is 0 Å². The summed E-state index contributed by atoms with van der Waals surface area (Å²) in [6.07, 6.45) is 1.74. The molecular formula is C10H10N2O. The van der Waals surface area contributed by atoms with Crippen LogP contribution in [0.4, 0.5) is 0 Å². The third kappa shape index (κ3) is 1.15. The molecule has 1 aromatic heterocycles. The molecule has 0 aromatic carbocycles. The van der Waals surface area contributed by atoms with E-state index in [9.17, 15) is 0 Å². The molecule has 0 unspecified atom stereocenters. The summed E-state index contributed by atoms with van der Waals surface area (Å²) in [6, 6.07) is 3.69. The van der Waals surface area contributed by atoms with Gasteiger partial charge in [0.05, 0.1) is 6.61 Å². The lowest BCUT2D eigenvalue weighted by Crippen LogP contribution is -2.18. The SMILES string of the molecule is CC1(C)COc2cc(C#N)ncc21. The van der Waals surface area contributed by atoms with E-state index in [0.717, 1.165) is 11.3 Å². The smallest absolute Gasteiger partial charge is 0.144 e. The number of fused-ring (bicyclic) bond motifs is 1. The highest BCUT2D eigenvalue weighted by Gasteiger charge is 2.32. The van der Waals surface area contributed by atoms with Crippen molar-refractivity contribution in [3.8, 4) is 11.8 Å². The average molecular weight is 174 g/mol. The van der Waals surface area contributed by atoms with Gasteiger partial charge in [0, 0.05) is 23.2 Å². The van der Waals surface area contributed by atoms with Gasteiger partial charge < -0.3 is 4.74 Å². The van der Waals surface area contributed by atoms with Crippen LogP contribution in [0.5, 0.6) is 5.75 Å². The maximum atomic E-state index is 8.63. The Morgan fingerprint density at radius 3 is 3.08 bits per heavy atom. The molecule has 0 fully saturated rings. The van der Waals surface area contributed by atoms with Crippen LogP contribution in [0.2, 0.25) is 0 Å². The fourth-order valence-electron chi connectivity index (χ4n) is 1.46. The van der Waals surface area contributed by atoms with Crippen LogP contribution < -0.4 is 4.74 Å². The number of aromatic nitrogens is 1. The van der Waals surface area contributed by atoms with Crippen LogP contribution >= 0.6 is 0 Å². The van der Waals surface area contributed by atoms with Crippen molar-refractivity contribution in [1.82, 2.24) is 4.98 Å². The van der Waals surface area contributed by atoms with E-state index in [0.29, 0.717) is 12.3 Å². The van der Waals surface area contributed by atoms with Gasteiger partial charge in [0.25, 0.3) is 0 Å². The molecular weight excluding hydrogens is 164 g/mol. The molecule has 13 heavy (non-hydrogen) atoms. The van der Waals surface area contributed by atoms with Gasteiger partial charge in [-0.2, -0.15) is 5.26 Å². The average Bonchev–Trinajstić information content (AvgIpc) is 2.42. The predicted octanol–water partition coefficient (Wildman–Crippen LogP) is 1.62. The minimum absolute atomic E-state index is 0.0241.